The zero-order valence-corrected chi connectivity index (χ0v) is 31.4. The second-order valence-corrected chi connectivity index (χ2v) is 16.7. The van der Waals surface area contributed by atoms with Gasteiger partial charge in [0.05, 0.1) is 22.7 Å². The van der Waals surface area contributed by atoms with Gasteiger partial charge in [-0.1, -0.05) is 5.16 Å². The van der Waals surface area contributed by atoms with Crippen LogP contribution in [0.2, 0.25) is 0 Å². The number of β-lactam (4-membered cyclic amide) rings is 1. The summed E-state index contributed by atoms with van der Waals surface area (Å²) in [7, 11) is 0. The number of pyridine rings is 1. The van der Waals surface area contributed by atoms with Crippen molar-refractivity contribution in [2.24, 2.45) is 5.16 Å². The zero-order valence-electron chi connectivity index (χ0n) is 29.0. The first kappa shape index (κ1) is 36.9. The van der Waals surface area contributed by atoms with Crippen LogP contribution in [0.15, 0.2) is 51.1 Å². The number of piperazine rings is 1. The third kappa shape index (κ3) is 7.14. The molecule has 1 aliphatic carbocycles. The number of amides is 2. The molecule has 3 aromatic rings. The Bertz CT molecular complexity index is 2090. The average molecular weight is 785 g/mol. The maximum absolute atomic E-state index is 15.8. The first-order chi connectivity index (χ1) is 25.2. The van der Waals surface area contributed by atoms with Crippen molar-refractivity contribution in [2.75, 3.05) is 41.8 Å². The molecule has 280 valence electrons. The predicted octanol–water partition coefficient (Wildman–Crippen LogP) is 1.22. The Kier molecular flexibility index (Phi) is 10.0. The number of halogens is 1. The minimum Gasteiger partial charge on any atom is -0.543 e. The molecule has 4 aliphatic rings. The minimum atomic E-state index is -1.79. The highest BCUT2D eigenvalue weighted by Crippen LogP contribution is 2.43. The number of carbonyl (C=O) groups is 4. The Hall–Kier alpha value is -4.46. The highest BCUT2D eigenvalue weighted by atomic mass is 32.2. The van der Waals surface area contributed by atoms with E-state index >= 15 is 4.39 Å². The number of thiazole rings is 1. The van der Waals surface area contributed by atoms with Gasteiger partial charge in [-0.05, 0) is 32.4 Å². The van der Waals surface area contributed by atoms with Crippen molar-refractivity contribution in [3.05, 3.63) is 52.6 Å². The molecule has 2 saturated heterocycles. The summed E-state index contributed by atoms with van der Waals surface area (Å²) in [4.78, 5) is 64.1. The first-order valence-corrected chi connectivity index (χ1v) is 19.8. The molecular formula is C34H37FN8O7S3. The molecule has 0 radical (unpaired) electrons. The van der Waals surface area contributed by atoms with E-state index in [9.17, 15) is 29.4 Å². The summed E-state index contributed by atoms with van der Waals surface area (Å²) in [6.07, 6.45) is 4.08. The molecule has 1 aromatic carbocycles. The van der Waals surface area contributed by atoms with Crippen LogP contribution < -0.4 is 30.9 Å². The van der Waals surface area contributed by atoms with Gasteiger partial charge in [0.25, 0.3) is 11.8 Å². The summed E-state index contributed by atoms with van der Waals surface area (Å²) in [6, 6.07) is 4.75. The number of carbonyl (C=O) groups excluding carboxylic acids is 3. The largest absolute Gasteiger partial charge is 0.543 e. The molecule has 1 saturated carbocycles. The Balaban J connectivity index is 1.11. The fourth-order valence-electron chi connectivity index (χ4n) is 6.45. The minimum absolute atomic E-state index is 0.00583. The van der Waals surface area contributed by atoms with Crippen LogP contribution in [0.4, 0.5) is 15.2 Å². The number of hydrogen-bond acceptors (Lipinski definition) is 14. The van der Waals surface area contributed by atoms with E-state index in [1.165, 1.54) is 42.8 Å². The van der Waals surface area contributed by atoms with Gasteiger partial charge >= 0.3 is 5.97 Å². The van der Waals surface area contributed by atoms with Crippen LogP contribution in [0.3, 0.4) is 0 Å². The molecular weight excluding hydrogens is 748 g/mol. The lowest BCUT2D eigenvalue weighted by atomic mass is 10.0. The van der Waals surface area contributed by atoms with Crippen LogP contribution in [-0.2, 0) is 24.0 Å². The second kappa shape index (κ2) is 14.4. The SMILES string of the molecule is CC1CNCCN1c1cc2c(cc1F)c(SCC1=C(C(=O)[O-])N3C(=O)C(NC(=O)/C(=N\OC(C)(C)C(=O)O)c4csc(N)n4)[C@H]3SC1)cc[n+]2C1CC1. The summed E-state index contributed by atoms with van der Waals surface area (Å²) < 4.78 is 18.0. The highest BCUT2D eigenvalue weighted by molar-refractivity contribution is 8.01. The van der Waals surface area contributed by atoms with Crippen LogP contribution in [0.5, 0.6) is 0 Å². The van der Waals surface area contributed by atoms with Crippen molar-refractivity contribution >= 4 is 86.0 Å². The van der Waals surface area contributed by atoms with E-state index in [-0.39, 0.29) is 39.9 Å². The average Bonchev–Trinajstić information content (AvgIpc) is 3.88. The monoisotopic (exact) mass is 784 g/mol. The van der Waals surface area contributed by atoms with Crippen molar-refractivity contribution in [3.8, 4) is 0 Å². The van der Waals surface area contributed by atoms with E-state index in [1.807, 2.05) is 18.3 Å². The molecule has 7 rings (SSSR count). The summed E-state index contributed by atoms with van der Waals surface area (Å²) in [6.45, 7) is 6.77. The lowest BCUT2D eigenvalue weighted by Crippen LogP contribution is -2.71. The van der Waals surface area contributed by atoms with Gasteiger partial charge in [-0.3, -0.25) is 14.5 Å². The van der Waals surface area contributed by atoms with E-state index < -0.39 is 46.5 Å². The normalized spacial score (nSPS) is 22.1. The number of fused-ring (bicyclic) bond motifs is 2. The molecule has 0 spiro atoms. The standard InChI is InChI=1S/C34H37FN8O7S3/c1-16-12-37-7-9-41(16)23-11-22-19(10-20(23)35)24(6-8-42(22)18-4-5-18)51-13-17-14-52-30-26(29(45)43(30)27(17)31(46)47)39-28(44)25(21-15-53-33(36)38-21)40-50-34(2,3)32(48)49/h6,8,10-11,15-16,18,26,30,37H,4-5,7,9,12-14H2,1-3H3,(H4-,36,38,39,44,46,47,48,49)/b40-25-/t16?,26?,30-/m1/s1. The number of benzene rings is 1. The fourth-order valence-corrected chi connectivity index (χ4v) is 9.52. The highest BCUT2D eigenvalue weighted by Gasteiger charge is 2.53. The number of oxime groups is 1. The molecule has 2 unspecified atom stereocenters. The molecule has 15 nitrogen and oxygen atoms in total. The molecule has 3 fully saturated rings. The number of hydrogen-bond donors (Lipinski definition) is 4. The molecule has 2 amide bonds. The number of aromatic nitrogens is 2. The van der Waals surface area contributed by atoms with Crippen LogP contribution >= 0.6 is 34.9 Å². The van der Waals surface area contributed by atoms with Gasteiger partial charge in [-0.25, -0.2) is 14.2 Å². The zero-order chi connectivity index (χ0) is 37.8. The number of aliphatic carboxylic acids is 2. The van der Waals surface area contributed by atoms with Crippen LogP contribution in [-0.4, -0.2) is 98.7 Å². The van der Waals surface area contributed by atoms with Crippen molar-refractivity contribution in [1.82, 2.24) is 20.5 Å². The first-order valence-electron chi connectivity index (χ1n) is 16.9. The van der Waals surface area contributed by atoms with Gasteiger partial charge in [-0.2, -0.15) is 4.57 Å². The summed E-state index contributed by atoms with van der Waals surface area (Å²) in [5.74, 6) is -4.33. The van der Waals surface area contributed by atoms with Crippen LogP contribution in [0, 0.1) is 5.82 Å². The Morgan fingerprint density at radius 1 is 1.32 bits per heavy atom. The topological polar surface area (TPSA) is 206 Å². The van der Waals surface area contributed by atoms with E-state index in [1.54, 1.807) is 6.07 Å². The van der Waals surface area contributed by atoms with E-state index in [0.29, 0.717) is 23.8 Å². The lowest BCUT2D eigenvalue weighted by molar-refractivity contribution is -0.675. The molecule has 5 N–H and O–H groups in total. The maximum Gasteiger partial charge on any atom is 0.350 e. The molecule has 3 atom stereocenters. The van der Waals surface area contributed by atoms with E-state index in [2.05, 4.69) is 37.2 Å². The summed E-state index contributed by atoms with van der Waals surface area (Å²) in [5.41, 5.74) is 5.21. The van der Waals surface area contributed by atoms with Gasteiger partial charge in [-0.15, -0.1) is 34.9 Å². The number of nitrogens with two attached hydrogens (primary N) is 1. The van der Waals surface area contributed by atoms with Gasteiger partial charge in [0.15, 0.2) is 23.1 Å². The smallest absolute Gasteiger partial charge is 0.350 e. The molecule has 2 aromatic heterocycles. The number of nitrogens with one attached hydrogen (secondary N) is 2. The molecule has 0 bridgehead atoms. The van der Waals surface area contributed by atoms with Crippen molar-refractivity contribution in [1.29, 1.82) is 0 Å². The Labute approximate surface area is 315 Å². The number of carboxylic acid groups (broad SMARTS) is 2. The van der Waals surface area contributed by atoms with E-state index in [0.717, 1.165) is 58.0 Å². The van der Waals surface area contributed by atoms with Gasteiger partial charge in [0.2, 0.25) is 11.1 Å². The lowest BCUT2D eigenvalue weighted by Gasteiger charge is -2.50. The second-order valence-electron chi connectivity index (χ2n) is 13.7. The predicted molar refractivity (Wildman–Crippen MR) is 196 cm³/mol. The van der Waals surface area contributed by atoms with Crippen molar-refractivity contribution in [2.45, 2.75) is 67.6 Å². The van der Waals surface area contributed by atoms with E-state index in [4.69, 9.17) is 10.6 Å². The molecule has 19 heteroatoms. The Morgan fingerprint density at radius 3 is 2.75 bits per heavy atom. The molecule has 3 aliphatic heterocycles. The molecule has 53 heavy (non-hydrogen) atoms. The summed E-state index contributed by atoms with van der Waals surface area (Å²) in [5, 5.41) is 33.1. The number of nitrogens with zero attached hydrogens (tertiary/aromatic N) is 5. The van der Waals surface area contributed by atoms with Crippen LogP contribution in [0.1, 0.15) is 45.3 Å². The van der Waals surface area contributed by atoms with Gasteiger partial charge in [0.1, 0.15) is 22.9 Å². The number of nitrogen functional groups attached to an aromatic ring is 1. The number of anilines is 2. The Morgan fingerprint density at radius 2 is 2.09 bits per heavy atom. The number of rotatable bonds is 12. The quantitative estimate of drug-likeness (QED) is 0.0671. The maximum atomic E-state index is 15.8. The third-order valence-electron chi connectivity index (χ3n) is 9.54. The summed E-state index contributed by atoms with van der Waals surface area (Å²) >= 11 is 3.65. The fraction of sp³-hybridized carbons (Fsp3) is 0.441. The number of carboxylic acids is 2. The van der Waals surface area contributed by atoms with Gasteiger partial charge < -0.3 is 41.1 Å². The molecule has 5 heterocycles. The van der Waals surface area contributed by atoms with Crippen molar-refractivity contribution in [3.63, 3.8) is 0 Å². The number of thioether (sulfide) groups is 2. The van der Waals surface area contributed by atoms with Crippen LogP contribution in [0.25, 0.3) is 10.9 Å². The third-order valence-corrected chi connectivity index (χ3v) is 12.7. The van der Waals surface area contributed by atoms with Crippen molar-refractivity contribution < 1.29 is 43.2 Å². The van der Waals surface area contributed by atoms with Gasteiger partial charge in [0, 0.05) is 72.4 Å².